The molecular formula is C18H13N3O2. The van der Waals surface area contributed by atoms with E-state index >= 15 is 0 Å². The van der Waals surface area contributed by atoms with Crippen molar-refractivity contribution in [2.75, 3.05) is 0 Å². The van der Waals surface area contributed by atoms with Gasteiger partial charge in [0.1, 0.15) is 0 Å². The first-order valence-electron chi connectivity index (χ1n) is 7.09. The molecule has 1 unspecified atom stereocenters. The fraction of sp³-hybridized carbons (Fsp3) is 0.111. The summed E-state index contributed by atoms with van der Waals surface area (Å²) in [6.45, 7) is 1.89. The Morgan fingerprint density at radius 1 is 1.35 bits per heavy atom. The highest BCUT2D eigenvalue weighted by Crippen LogP contribution is 2.26. The Morgan fingerprint density at radius 3 is 2.96 bits per heavy atom. The number of benzene rings is 1. The van der Waals surface area contributed by atoms with Crippen molar-refractivity contribution in [1.29, 1.82) is 5.26 Å². The molecule has 0 radical (unpaired) electrons. The number of nitriles is 1. The number of hydrogen-bond donors (Lipinski definition) is 1. The second-order valence-corrected chi connectivity index (χ2v) is 5.35. The van der Waals surface area contributed by atoms with Crippen LogP contribution in [0.5, 0.6) is 0 Å². The average Bonchev–Trinajstić information content (AvgIpc) is 2.54. The number of allylic oxidation sites excluding steroid dienone is 3. The van der Waals surface area contributed by atoms with Gasteiger partial charge in [-0.2, -0.15) is 5.26 Å². The predicted octanol–water partition coefficient (Wildman–Crippen LogP) is 2.29. The molecule has 3 rings (SSSR count). The summed E-state index contributed by atoms with van der Waals surface area (Å²) in [6, 6.07) is 8.39. The molecule has 23 heavy (non-hydrogen) atoms. The maximum Gasteiger partial charge on any atom is 0.277 e. The molecule has 0 aromatic heterocycles. The Labute approximate surface area is 133 Å². The van der Waals surface area contributed by atoms with E-state index in [1.807, 2.05) is 19.1 Å². The Balaban J connectivity index is 1.88. The number of nitrogens with zero attached hydrogens (tertiary/aromatic N) is 2. The highest BCUT2D eigenvalue weighted by Gasteiger charge is 2.23. The van der Waals surface area contributed by atoms with Crippen molar-refractivity contribution < 1.29 is 9.59 Å². The molecule has 0 spiro atoms. The van der Waals surface area contributed by atoms with Gasteiger partial charge in [-0.05, 0) is 37.3 Å². The van der Waals surface area contributed by atoms with Crippen molar-refractivity contribution in [1.82, 2.24) is 5.32 Å². The molecular weight excluding hydrogens is 290 g/mol. The molecule has 1 atom stereocenters. The second-order valence-electron chi connectivity index (χ2n) is 5.35. The van der Waals surface area contributed by atoms with Crippen molar-refractivity contribution in [3.63, 3.8) is 0 Å². The van der Waals surface area contributed by atoms with Crippen LogP contribution in [0.3, 0.4) is 0 Å². The Kier molecular flexibility index (Phi) is 3.73. The summed E-state index contributed by atoms with van der Waals surface area (Å²) in [4.78, 5) is 27.8. The van der Waals surface area contributed by atoms with Gasteiger partial charge in [0.2, 0.25) is 5.91 Å². The number of nitrogens with one attached hydrogen (secondary N) is 1. The lowest BCUT2D eigenvalue weighted by molar-refractivity contribution is -0.116. The van der Waals surface area contributed by atoms with Gasteiger partial charge < -0.3 is 5.32 Å². The summed E-state index contributed by atoms with van der Waals surface area (Å²) in [5, 5.41) is 11.7. The molecule has 0 bridgehead atoms. The summed E-state index contributed by atoms with van der Waals surface area (Å²) in [7, 11) is 0. The maximum atomic E-state index is 12.2. The lowest BCUT2D eigenvalue weighted by atomic mass is 9.89. The van der Waals surface area contributed by atoms with Gasteiger partial charge in [-0.3, -0.25) is 9.59 Å². The molecule has 5 nitrogen and oxygen atoms in total. The van der Waals surface area contributed by atoms with Gasteiger partial charge in [0.25, 0.3) is 5.91 Å². The van der Waals surface area contributed by atoms with E-state index in [4.69, 9.17) is 5.26 Å². The number of carbonyl (C=O) groups is 2. The van der Waals surface area contributed by atoms with E-state index in [0.29, 0.717) is 16.8 Å². The molecule has 0 saturated carbocycles. The molecule has 1 heterocycles. The van der Waals surface area contributed by atoms with Crippen molar-refractivity contribution in [2.45, 2.75) is 6.92 Å². The van der Waals surface area contributed by atoms with Gasteiger partial charge in [-0.1, -0.05) is 17.7 Å². The zero-order valence-corrected chi connectivity index (χ0v) is 12.4. The lowest BCUT2D eigenvalue weighted by Gasteiger charge is -2.25. The van der Waals surface area contributed by atoms with E-state index in [-0.39, 0.29) is 11.8 Å². The van der Waals surface area contributed by atoms with Crippen LogP contribution in [0.15, 0.2) is 64.8 Å². The molecule has 1 N–H and O–H groups in total. The molecule has 0 fully saturated rings. The highest BCUT2D eigenvalue weighted by atomic mass is 16.2. The largest absolute Gasteiger partial charge is 0.325 e. The standard InChI is InChI=1S/C18H13N3O2/c1-11-7-17(22)21-16-9-14(5-6-15(11)16)20-18(23)13-4-2-3-12(8-13)10-19/h2-9,15H,1H3,(H,21,22). The first-order chi connectivity index (χ1) is 11.1. The normalized spacial score (nSPS) is 21.0. The van der Waals surface area contributed by atoms with Crippen LogP contribution in [0.4, 0.5) is 0 Å². The number of fused-ring (bicyclic) bond motifs is 1. The topological polar surface area (TPSA) is 82.3 Å². The van der Waals surface area contributed by atoms with Gasteiger partial charge in [0.05, 0.1) is 17.3 Å². The van der Waals surface area contributed by atoms with Crippen molar-refractivity contribution in [2.24, 2.45) is 10.9 Å². The second kappa shape index (κ2) is 5.85. The van der Waals surface area contributed by atoms with Gasteiger partial charge >= 0.3 is 0 Å². The number of rotatable bonds is 1. The van der Waals surface area contributed by atoms with Crippen LogP contribution < -0.4 is 5.32 Å². The summed E-state index contributed by atoms with van der Waals surface area (Å²) >= 11 is 0. The fourth-order valence-electron chi connectivity index (χ4n) is 2.55. The minimum absolute atomic E-state index is 0.0173. The van der Waals surface area contributed by atoms with E-state index in [1.165, 1.54) is 6.07 Å². The average molecular weight is 303 g/mol. The molecule has 2 aliphatic rings. The number of aliphatic imine (C=N–C) groups is 1. The summed E-state index contributed by atoms with van der Waals surface area (Å²) < 4.78 is 0. The van der Waals surface area contributed by atoms with Crippen molar-refractivity contribution >= 4 is 17.5 Å². The Bertz CT molecular complexity index is 866. The van der Waals surface area contributed by atoms with Crippen LogP contribution in [0, 0.1) is 17.2 Å². The molecule has 1 aliphatic heterocycles. The first kappa shape index (κ1) is 14.7. The highest BCUT2D eigenvalue weighted by molar-refractivity contribution is 6.14. The fourth-order valence-corrected chi connectivity index (χ4v) is 2.55. The Hall–Kier alpha value is -3.26. The van der Waals surface area contributed by atoms with Gasteiger partial charge in [-0.15, -0.1) is 0 Å². The smallest absolute Gasteiger partial charge is 0.277 e. The third-order valence-corrected chi connectivity index (χ3v) is 3.68. The SMILES string of the molecule is CC1=CC(=O)NC2=CC(=NC(=O)c3cccc(C#N)c3)C=CC12. The minimum atomic E-state index is -0.425. The zero-order valence-electron chi connectivity index (χ0n) is 12.4. The monoisotopic (exact) mass is 303 g/mol. The van der Waals surface area contributed by atoms with E-state index in [1.54, 1.807) is 36.4 Å². The molecule has 1 aromatic rings. The van der Waals surface area contributed by atoms with Crippen molar-refractivity contribution in [3.8, 4) is 6.07 Å². The van der Waals surface area contributed by atoms with Crippen LogP contribution in [0.25, 0.3) is 0 Å². The van der Waals surface area contributed by atoms with Crippen LogP contribution in [0.1, 0.15) is 22.8 Å². The predicted molar refractivity (Wildman–Crippen MR) is 85.5 cm³/mol. The molecule has 5 heteroatoms. The van der Waals surface area contributed by atoms with E-state index < -0.39 is 5.91 Å². The van der Waals surface area contributed by atoms with Gasteiger partial charge in [0, 0.05) is 23.3 Å². The molecule has 0 saturated heterocycles. The molecule has 1 aliphatic carbocycles. The zero-order chi connectivity index (χ0) is 16.4. The lowest BCUT2D eigenvalue weighted by Crippen LogP contribution is -2.32. The van der Waals surface area contributed by atoms with Crippen LogP contribution in [-0.4, -0.2) is 17.5 Å². The van der Waals surface area contributed by atoms with E-state index in [0.717, 1.165) is 11.3 Å². The molecule has 1 aromatic carbocycles. The quantitative estimate of drug-likeness (QED) is 0.864. The minimum Gasteiger partial charge on any atom is -0.325 e. The number of amides is 2. The Morgan fingerprint density at radius 2 is 2.17 bits per heavy atom. The van der Waals surface area contributed by atoms with Gasteiger partial charge in [0.15, 0.2) is 0 Å². The molecule has 2 amide bonds. The third-order valence-electron chi connectivity index (χ3n) is 3.68. The van der Waals surface area contributed by atoms with Crippen LogP contribution >= 0.6 is 0 Å². The number of carbonyl (C=O) groups excluding carboxylic acids is 2. The number of hydrogen-bond acceptors (Lipinski definition) is 3. The summed E-state index contributed by atoms with van der Waals surface area (Å²) in [6.07, 6.45) is 6.92. The van der Waals surface area contributed by atoms with E-state index in [2.05, 4.69) is 10.3 Å². The van der Waals surface area contributed by atoms with Crippen LogP contribution in [0.2, 0.25) is 0 Å². The summed E-state index contributed by atoms with van der Waals surface area (Å²) in [5.74, 6) is -0.581. The van der Waals surface area contributed by atoms with Gasteiger partial charge in [-0.25, -0.2) is 4.99 Å². The molecule has 112 valence electrons. The van der Waals surface area contributed by atoms with Crippen LogP contribution in [-0.2, 0) is 4.79 Å². The maximum absolute atomic E-state index is 12.2. The van der Waals surface area contributed by atoms with E-state index in [9.17, 15) is 9.59 Å². The summed E-state index contributed by atoms with van der Waals surface area (Å²) in [5.41, 5.74) is 2.90. The first-order valence-corrected chi connectivity index (χ1v) is 7.09. The third kappa shape index (κ3) is 3.01. The van der Waals surface area contributed by atoms with Crippen molar-refractivity contribution in [3.05, 3.63) is 71.0 Å².